The highest BCUT2D eigenvalue weighted by Gasteiger charge is 2.22. The third-order valence-electron chi connectivity index (χ3n) is 2.29. The first-order valence-corrected chi connectivity index (χ1v) is 5.21. The number of nitrogens with zero attached hydrogens (tertiary/aromatic N) is 1. The van der Waals surface area contributed by atoms with Gasteiger partial charge >= 0.3 is 0 Å². The van der Waals surface area contributed by atoms with Crippen LogP contribution in [0, 0.1) is 13.8 Å². The molecule has 1 heterocycles. The Bertz CT molecular complexity index is 390. The summed E-state index contributed by atoms with van der Waals surface area (Å²) in [7, 11) is 0. The summed E-state index contributed by atoms with van der Waals surface area (Å²) in [4.78, 5) is 12.8. The number of hydrogen-bond acceptors (Lipinski definition) is 3. The summed E-state index contributed by atoms with van der Waals surface area (Å²) in [6.07, 6.45) is -2.63. The van der Waals surface area contributed by atoms with Crippen LogP contribution in [0.1, 0.15) is 21.9 Å². The second-order valence-electron chi connectivity index (χ2n) is 3.69. The van der Waals surface area contributed by atoms with E-state index < -0.39 is 18.9 Å². The molecule has 0 fully saturated rings. The fourth-order valence-corrected chi connectivity index (χ4v) is 1.58. The fourth-order valence-electron chi connectivity index (χ4n) is 1.58. The minimum Gasteiger partial charge on any atom is -0.466 e. The van der Waals surface area contributed by atoms with E-state index in [0.717, 1.165) is 4.90 Å². The number of rotatable bonds is 5. The molecule has 0 atom stereocenters. The minimum atomic E-state index is -2.63. The quantitative estimate of drug-likeness (QED) is 0.859. The topological polar surface area (TPSA) is 53.7 Å². The van der Waals surface area contributed by atoms with Gasteiger partial charge in [0, 0.05) is 6.54 Å². The van der Waals surface area contributed by atoms with E-state index in [1.54, 1.807) is 13.8 Å². The van der Waals surface area contributed by atoms with E-state index >= 15 is 0 Å². The highest BCUT2D eigenvalue weighted by molar-refractivity contribution is 5.95. The second kappa shape index (κ2) is 5.77. The zero-order chi connectivity index (χ0) is 13.0. The number of aliphatic hydroxyl groups is 1. The maximum atomic E-state index is 12.3. The summed E-state index contributed by atoms with van der Waals surface area (Å²) in [5, 5.41) is 8.76. The van der Waals surface area contributed by atoms with Gasteiger partial charge in [0.1, 0.15) is 11.5 Å². The van der Waals surface area contributed by atoms with Gasteiger partial charge in [-0.1, -0.05) is 0 Å². The summed E-state index contributed by atoms with van der Waals surface area (Å²) in [6.45, 7) is 2.11. The molecule has 17 heavy (non-hydrogen) atoms. The predicted molar refractivity (Wildman–Crippen MR) is 57.2 cm³/mol. The van der Waals surface area contributed by atoms with Crippen LogP contribution in [0.3, 0.4) is 0 Å². The van der Waals surface area contributed by atoms with Gasteiger partial charge in [0.25, 0.3) is 12.3 Å². The van der Waals surface area contributed by atoms with E-state index in [4.69, 9.17) is 9.52 Å². The molecular formula is C11H15F2NO3. The third-order valence-corrected chi connectivity index (χ3v) is 2.29. The molecule has 1 amide bonds. The van der Waals surface area contributed by atoms with Crippen molar-refractivity contribution in [3.05, 3.63) is 23.2 Å². The van der Waals surface area contributed by atoms with Crippen LogP contribution in [0.25, 0.3) is 0 Å². The van der Waals surface area contributed by atoms with Gasteiger partial charge in [0.05, 0.1) is 18.7 Å². The largest absolute Gasteiger partial charge is 0.466 e. The van der Waals surface area contributed by atoms with Gasteiger partial charge in [-0.05, 0) is 19.9 Å². The van der Waals surface area contributed by atoms with Crippen molar-refractivity contribution in [2.75, 3.05) is 19.7 Å². The molecule has 0 saturated carbocycles. The minimum absolute atomic E-state index is 0.118. The Morgan fingerprint density at radius 1 is 1.53 bits per heavy atom. The molecule has 0 radical (unpaired) electrons. The predicted octanol–water partition coefficient (Wildman–Crippen LogP) is 1.60. The van der Waals surface area contributed by atoms with Crippen LogP contribution in [0.5, 0.6) is 0 Å². The molecule has 0 bridgehead atoms. The zero-order valence-corrected chi connectivity index (χ0v) is 9.74. The molecule has 0 aromatic carbocycles. The molecule has 96 valence electrons. The molecule has 0 spiro atoms. The van der Waals surface area contributed by atoms with E-state index in [1.165, 1.54) is 6.07 Å². The van der Waals surface area contributed by atoms with Crippen molar-refractivity contribution in [3.63, 3.8) is 0 Å². The summed E-state index contributed by atoms with van der Waals surface area (Å²) >= 11 is 0. The lowest BCUT2D eigenvalue weighted by Gasteiger charge is -2.20. The molecule has 6 heteroatoms. The molecule has 0 aliphatic rings. The molecule has 0 unspecified atom stereocenters. The summed E-state index contributed by atoms with van der Waals surface area (Å²) < 4.78 is 29.8. The van der Waals surface area contributed by atoms with Crippen molar-refractivity contribution in [2.24, 2.45) is 0 Å². The maximum Gasteiger partial charge on any atom is 0.257 e. The number of aryl methyl sites for hydroxylation is 2. The van der Waals surface area contributed by atoms with Crippen molar-refractivity contribution < 1.29 is 23.1 Å². The summed E-state index contributed by atoms with van der Waals surface area (Å²) in [5.41, 5.74) is 0.261. The number of alkyl halides is 2. The molecule has 4 nitrogen and oxygen atoms in total. The molecule has 0 saturated heterocycles. The highest BCUT2D eigenvalue weighted by Crippen LogP contribution is 2.16. The Morgan fingerprint density at radius 2 is 2.18 bits per heavy atom. The Balaban J connectivity index is 2.87. The van der Waals surface area contributed by atoms with Crippen LogP contribution in [0.2, 0.25) is 0 Å². The van der Waals surface area contributed by atoms with Gasteiger partial charge in [-0.3, -0.25) is 4.79 Å². The van der Waals surface area contributed by atoms with Gasteiger partial charge in [0.2, 0.25) is 0 Å². The van der Waals surface area contributed by atoms with Gasteiger partial charge < -0.3 is 14.4 Å². The third kappa shape index (κ3) is 3.52. The van der Waals surface area contributed by atoms with E-state index in [2.05, 4.69) is 0 Å². The monoisotopic (exact) mass is 247 g/mol. The van der Waals surface area contributed by atoms with Crippen LogP contribution >= 0.6 is 0 Å². The van der Waals surface area contributed by atoms with Crippen molar-refractivity contribution in [1.29, 1.82) is 0 Å². The zero-order valence-electron chi connectivity index (χ0n) is 9.74. The fraction of sp³-hybridized carbons (Fsp3) is 0.545. The average molecular weight is 247 g/mol. The second-order valence-corrected chi connectivity index (χ2v) is 3.69. The molecular weight excluding hydrogens is 232 g/mol. The number of hydrogen-bond donors (Lipinski definition) is 1. The lowest BCUT2D eigenvalue weighted by atomic mass is 10.2. The van der Waals surface area contributed by atoms with Crippen LogP contribution in [-0.4, -0.2) is 42.0 Å². The van der Waals surface area contributed by atoms with Crippen LogP contribution in [-0.2, 0) is 0 Å². The Kier molecular flexibility index (Phi) is 4.62. The van der Waals surface area contributed by atoms with Gasteiger partial charge in [-0.25, -0.2) is 8.78 Å². The van der Waals surface area contributed by atoms with E-state index in [-0.39, 0.29) is 18.7 Å². The van der Waals surface area contributed by atoms with Crippen LogP contribution in [0.15, 0.2) is 10.5 Å². The molecule has 1 rings (SSSR count). The van der Waals surface area contributed by atoms with Crippen molar-refractivity contribution in [1.82, 2.24) is 4.90 Å². The summed E-state index contributed by atoms with van der Waals surface area (Å²) in [6, 6.07) is 1.51. The van der Waals surface area contributed by atoms with E-state index in [9.17, 15) is 13.6 Å². The maximum absolute atomic E-state index is 12.3. The Morgan fingerprint density at radius 3 is 2.59 bits per heavy atom. The first-order chi connectivity index (χ1) is 7.95. The normalized spacial score (nSPS) is 10.9. The highest BCUT2D eigenvalue weighted by atomic mass is 19.3. The number of carbonyl (C=O) groups is 1. The van der Waals surface area contributed by atoms with E-state index in [0.29, 0.717) is 11.5 Å². The van der Waals surface area contributed by atoms with Crippen LogP contribution < -0.4 is 0 Å². The summed E-state index contributed by atoms with van der Waals surface area (Å²) in [5.74, 6) is 0.394. The Hall–Kier alpha value is -1.43. The molecule has 0 aliphatic heterocycles. The first-order valence-electron chi connectivity index (χ1n) is 5.21. The van der Waals surface area contributed by atoms with Crippen molar-refractivity contribution >= 4 is 5.91 Å². The molecule has 1 aromatic heterocycles. The number of furan rings is 1. The molecule has 1 aromatic rings. The number of aliphatic hydroxyl groups excluding tert-OH is 1. The SMILES string of the molecule is Cc1cc(C(=O)N(CCO)CC(F)F)c(C)o1. The van der Waals surface area contributed by atoms with Crippen LogP contribution in [0.4, 0.5) is 8.78 Å². The van der Waals surface area contributed by atoms with E-state index in [1.807, 2.05) is 0 Å². The number of amides is 1. The lowest BCUT2D eigenvalue weighted by Crippen LogP contribution is -2.37. The standard InChI is InChI=1S/C11H15F2NO3/c1-7-5-9(8(2)17-7)11(16)14(3-4-15)6-10(12)13/h5,10,15H,3-4,6H2,1-2H3. The Labute approximate surface area is 97.8 Å². The van der Waals surface area contributed by atoms with Crippen molar-refractivity contribution in [2.45, 2.75) is 20.3 Å². The molecule has 0 aliphatic carbocycles. The number of halogens is 2. The molecule has 1 N–H and O–H groups in total. The van der Waals surface area contributed by atoms with Gasteiger partial charge in [0.15, 0.2) is 0 Å². The number of carbonyl (C=O) groups excluding carboxylic acids is 1. The van der Waals surface area contributed by atoms with Gasteiger partial charge in [-0.2, -0.15) is 0 Å². The smallest absolute Gasteiger partial charge is 0.257 e. The van der Waals surface area contributed by atoms with Gasteiger partial charge in [-0.15, -0.1) is 0 Å². The lowest BCUT2D eigenvalue weighted by molar-refractivity contribution is 0.0507. The van der Waals surface area contributed by atoms with Crippen molar-refractivity contribution in [3.8, 4) is 0 Å². The average Bonchev–Trinajstić information content (AvgIpc) is 2.55. The first kappa shape index (κ1) is 13.6.